The summed E-state index contributed by atoms with van der Waals surface area (Å²) in [6.07, 6.45) is 0. The van der Waals surface area contributed by atoms with Crippen LogP contribution in [-0.4, -0.2) is 33.2 Å². The number of nitrogens with two attached hydrogens (primary N) is 1. The van der Waals surface area contributed by atoms with E-state index in [2.05, 4.69) is 5.32 Å². The van der Waals surface area contributed by atoms with Gasteiger partial charge in [0.1, 0.15) is 11.6 Å². The number of halogens is 1. The minimum atomic E-state index is -3.81. The van der Waals surface area contributed by atoms with E-state index in [4.69, 9.17) is 5.73 Å². The van der Waals surface area contributed by atoms with Gasteiger partial charge in [0.05, 0.1) is 4.90 Å². The Hall–Kier alpha value is -1.47. The highest BCUT2D eigenvalue weighted by Crippen LogP contribution is 2.12. The second-order valence-corrected chi connectivity index (χ2v) is 5.34. The maximum atomic E-state index is 12.9. The van der Waals surface area contributed by atoms with Crippen molar-refractivity contribution in [3.8, 4) is 0 Å². The number of nitrogens with one attached hydrogen (secondary N) is 1. The average Bonchev–Trinajstić information content (AvgIpc) is 2.26. The first-order valence-corrected chi connectivity index (χ1v) is 6.56. The van der Waals surface area contributed by atoms with Gasteiger partial charge in [0.2, 0.25) is 5.91 Å². The number of hydrogen-bond donors (Lipinski definition) is 2. The van der Waals surface area contributed by atoms with E-state index in [1.807, 2.05) is 0 Å². The minimum Gasteiger partial charge on any atom is -0.354 e. The molecule has 0 aliphatic carbocycles. The predicted octanol–water partition coefficient (Wildman–Crippen LogP) is -0.326. The molecule has 3 N–H and O–H groups in total. The third-order valence-corrected chi connectivity index (χ3v) is 3.56. The number of benzene rings is 1. The second-order valence-electron chi connectivity index (χ2n) is 3.36. The molecule has 0 fully saturated rings. The Morgan fingerprint density at radius 2 is 2.12 bits per heavy atom. The SMILES string of the molecule is NCCNC(=O)CS(=O)(=O)c1cccc(F)c1. The molecule has 1 aromatic rings. The third-order valence-electron chi connectivity index (χ3n) is 1.94. The summed E-state index contributed by atoms with van der Waals surface area (Å²) in [6, 6.07) is 4.54. The molecule has 0 aromatic heterocycles. The van der Waals surface area contributed by atoms with Crippen LogP contribution < -0.4 is 11.1 Å². The van der Waals surface area contributed by atoms with Crippen molar-refractivity contribution in [3.05, 3.63) is 30.1 Å². The molecule has 0 saturated carbocycles. The summed E-state index contributed by atoms with van der Waals surface area (Å²) in [6.45, 7) is 0.434. The van der Waals surface area contributed by atoms with Crippen LogP contribution in [0, 0.1) is 5.82 Å². The Labute approximate surface area is 98.7 Å². The zero-order valence-electron chi connectivity index (χ0n) is 9.02. The van der Waals surface area contributed by atoms with Crippen molar-refractivity contribution in [1.82, 2.24) is 5.32 Å². The standard InChI is InChI=1S/C10H13FN2O3S/c11-8-2-1-3-9(6-8)17(15,16)7-10(14)13-5-4-12/h1-3,6H,4-5,7,12H2,(H,13,14). The molecule has 0 saturated heterocycles. The van der Waals surface area contributed by atoms with Crippen LogP contribution in [0.2, 0.25) is 0 Å². The molecule has 17 heavy (non-hydrogen) atoms. The molecule has 5 nitrogen and oxygen atoms in total. The van der Waals surface area contributed by atoms with E-state index in [0.29, 0.717) is 0 Å². The molecule has 0 heterocycles. The van der Waals surface area contributed by atoms with E-state index in [1.54, 1.807) is 0 Å². The van der Waals surface area contributed by atoms with Gasteiger partial charge in [-0.2, -0.15) is 0 Å². The Kier molecular flexibility index (Phi) is 4.59. The van der Waals surface area contributed by atoms with Gasteiger partial charge in [-0.3, -0.25) is 4.79 Å². The van der Waals surface area contributed by atoms with Crippen molar-refractivity contribution in [3.63, 3.8) is 0 Å². The molecule has 1 rings (SSSR count). The van der Waals surface area contributed by atoms with Crippen molar-refractivity contribution in [2.24, 2.45) is 5.73 Å². The van der Waals surface area contributed by atoms with Crippen LogP contribution in [0.1, 0.15) is 0 Å². The smallest absolute Gasteiger partial charge is 0.235 e. The third kappa shape index (κ3) is 4.12. The van der Waals surface area contributed by atoms with Gasteiger partial charge in [0, 0.05) is 13.1 Å². The van der Waals surface area contributed by atoms with Gasteiger partial charge in [0.25, 0.3) is 0 Å². The maximum absolute atomic E-state index is 12.9. The van der Waals surface area contributed by atoms with E-state index in [9.17, 15) is 17.6 Å². The summed E-state index contributed by atoms with van der Waals surface area (Å²) in [7, 11) is -3.81. The quantitative estimate of drug-likeness (QED) is 0.759. The highest BCUT2D eigenvalue weighted by molar-refractivity contribution is 7.92. The summed E-state index contributed by atoms with van der Waals surface area (Å²) >= 11 is 0. The Morgan fingerprint density at radius 1 is 1.41 bits per heavy atom. The van der Waals surface area contributed by atoms with Crippen LogP contribution in [-0.2, 0) is 14.6 Å². The predicted molar refractivity (Wildman–Crippen MR) is 60.5 cm³/mol. The fourth-order valence-electron chi connectivity index (χ4n) is 1.18. The Balaban J connectivity index is 2.79. The van der Waals surface area contributed by atoms with E-state index in [1.165, 1.54) is 12.1 Å². The molecule has 1 aromatic carbocycles. The first-order chi connectivity index (χ1) is 7.95. The van der Waals surface area contributed by atoms with Crippen LogP contribution in [0.5, 0.6) is 0 Å². The van der Waals surface area contributed by atoms with Gasteiger partial charge in [0.15, 0.2) is 9.84 Å². The molecule has 0 spiro atoms. The lowest BCUT2D eigenvalue weighted by Crippen LogP contribution is -2.33. The van der Waals surface area contributed by atoms with Gasteiger partial charge in [-0.15, -0.1) is 0 Å². The highest BCUT2D eigenvalue weighted by atomic mass is 32.2. The Morgan fingerprint density at radius 3 is 2.71 bits per heavy atom. The first-order valence-electron chi connectivity index (χ1n) is 4.91. The average molecular weight is 260 g/mol. The maximum Gasteiger partial charge on any atom is 0.235 e. The molecule has 0 radical (unpaired) electrons. The Bertz CT molecular complexity index is 502. The number of carbonyl (C=O) groups is 1. The van der Waals surface area contributed by atoms with Crippen molar-refractivity contribution >= 4 is 15.7 Å². The molecule has 0 atom stereocenters. The van der Waals surface area contributed by atoms with E-state index in [0.717, 1.165) is 12.1 Å². The monoisotopic (exact) mass is 260 g/mol. The lowest BCUT2D eigenvalue weighted by molar-refractivity contribution is -0.118. The topological polar surface area (TPSA) is 89.3 Å². The number of amides is 1. The summed E-state index contributed by atoms with van der Waals surface area (Å²) in [5, 5.41) is 2.34. The normalized spacial score (nSPS) is 11.2. The van der Waals surface area contributed by atoms with Crippen molar-refractivity contribution in [1.29, 1.82) is 0 Å². The van der Waals surface area contributed by atoms with Crippen LogP contribution in [0.4, 0.5) is 4.39 Å². The summed E-state index contributed by atoms with van der Waals surface area (Å²) < 4.78 is 36.3. The van der Waals surface area contributed by atoms with Gasteiger partial charge < -0.3 is 11.1 Å². The van der Waals surface area contributed by atoms with E-state index < -0.39 is 27.3 Å². The van der Waals surface area contributed by atoms with E-state index in [-0.39, 0.29) is 18.0 Å². The second kappa shape index (κ2) is 5.74. The zero-order valence-corrected chi connectivity index (χ0v) is 9.84. The molecule has 1 amide bonds. The largest absolute Gasteiger partial charge is 0.354 e. The fraction of sp³-hybridized carbons (Fsp3) is 0.300. The van der Waals surface area contributed by atoms with E-state index >= 15 is 0 Å². The van der Waals surface area contributed by atoms with Crippen molar-refractivity contribution in [2.75, 3.05) is 18.8 Å². The molecule has 0 bridgehead atoms. The minimum absolute atomic E-state index is 0.206. The van der Waals surface area contributed by atoms with Crippen molar-refractivity contribution in [2.45, 2.75) is 4.90 Å². The summed E-state index contributed by atoms with van der Waals surface area (Å²) in [4.78, 5) is 11.0. The summed E-state index contributed by atoms with van der Waals surface area (Å²) in [5.41, 5.74) is 5.16. The molecular formula is C10H13FN2O3S. The van der Waals surface area contributed by atoms with Crippen LogP contribution in [0.3, 0.4) is 0 Å². The van der Waals surface area contributed by atoms with Gasteiger partial charge in [-0.25, -0.2) is 12.8 Å². The zero-order chi connectivity index (χ0) is 12.9. The number of carbonyl (C=O) groups excluding carboxylic acids is 1. The molecule has 0 aliphatic rings. The fourth-order valence-corrected chi connectivity index (χ4v) is 2.37. The van der Waals surface area contributed by atoms with Crippen LogP contribution in [0.25, 0.3) is 0 Å². The van der Waals surface area contributed by atoms with Gasteiger partial charge in [-0.1, -0.05) is 6.07 Å². The van der Waals surface area contributed by atoms with Gasteiger partial charge in [-0.05, 0) is 18.2 Å². The number of sulfone groups is 1. The lowest BCUT2D eigenvalue weighted by atomic mass is 10.4. The van der Waals surface area contributed by atoms with Gasteiger partial charge >= 0.3 is 0 Å². The number of rotatable bonds is 5. The lowest BCUT2D eigenvalue weighted by Gasteiger charge is -2.05. The molecular weight excluding hydrogens is 247 g/mol. The highest BCUT2D eigenvalue weighted by Gasteiger charge is 2.19. The molecule has 7 heteroatoms. The number of hydrogen-bond acceptors (Lipinski definition) is 4. The molecule has 94 valence electrons. The van der Waals surface area contributed by atoms with Crippen LogP contribution >= 0.6 is 0 Å². The van der Waals surface area contributed by atoms with Crippen molar-refractivity contribution < 1.29 is 17.6 Å². The first kappa shape index (κ1) is 13.6. The summed E-state index contributed by atoms with van der Waals surface area (Å²) in [5.74, 6) is -2.02. The molecule has 0 unspecified atom stereocenters. The van der Waals surface area contributed by atoms with Crippen LogP contribution in [0.15, 0.2) is 29.2 Å². The molecule has 0 aliphatic heterocycles.